The summed E-state index contributed by atoms with van der Waals surface area (Å²) in [5, 5.41) is 8.87. The second kappa shape index (κ2) is 10.9. The van der Waals surface area contributed by atoms with Crippen LogP contribution in [0.4, 0.5) is 5.69 Å². The van der Waals surface area contributed by atoms with Gasteiger partial charge in [0.05, 0.1) is 34.3 Å². The van der Waals surface area contributed by atoms with E-state index in [1.165, 1.54) is 24.3 Å². The smallest absolute Gasteiger partial charge is 0.177 e. The highest BCUT2D eigenvalue weighted by atomic mass is 32.1. The molecule has 9 heteroatoms. The van der Waals surface area contributed by atoms with Crippen molar-refractivity contribution >= 4 is 22.8 Å². The second-order valence-electron chi connectivity index (χ2n) is 12.2. The Balaban J connectivity index is 1.16. The molecule has 1 saturated carbocycles. The molecule has 1 saturated heterocycles. The fourth-order valence-corrected chi connectivity index (χ4v) is 6.17. The molecule has 2 aliphatic rings. The third kappa shape index (κ3) is 6.00. The van der Waals surface area contributed by atoms with Crippen LogP contribution in [0.15, 0.2) is 49.1 Å². The van der Waals surface area contributed by atoms with Crippen LogP contribution in [0.5, 0.6) is 0 Å². The molecule has 8 nitrogen and oxygen atoms in total. The van der Waals surface area contributed by atoms with Crippen LogP contribution in [0.2, 0.25) is 0 Å². The highest BCUT2D eigenvalue weighted by Gasteiger charge is 2.26. The second-order valence-corrected chi connectivity index (χ2v) is 13.3. The van der Waals surface area contributed by atoms with Gasteiger partial charge in [0.25, 0.3) is 0 Å². The molecule has 0 spiro atoms. The van der Waals surface area contributed by atoms with E-state index in [4.69, 9.17) is 0 Å². The number of nitrogens with zero attached hydrogens (tertiary/aromatic N) is 7. The van der Waals surface area contributed by atoms with E-state index >= 15 is 0 Å². The summed E-state index contributed by atoms with van der Waals surface area (Å²) < 4.78 is 1.75. The summed E-state index contributed by atoms with van der Waals surface area (Å²) in [5.74, 6) is 1.04. The van der Waals surface area contributed by atoms with E-state index in [1.807, 2.05) is 37.6 Å². The maximum absolute atomic E-state index is 13.0. The molecular formula is C31H37N7OS. The molecule has 0 aromatic carbocycles. The van der Waals surface area contributed by atoms with Gasteiger partial charge in [0.2, 0.25) is 0 Å². The highest BCUT2D eigenvalue weighted by molar-refractivity contribution is 7.14. The van der Waals surface area contributed by atoms with Crippen LogP contribution >= 0.6 is 11.3 Å². The Morgan fingerprint density at radius 2 is 1.85 bits per heavy atom. The lowest BCUT2D eigenvalue weighted by Gasteiger charge is -2.36. The molecule has 0 unspecified atom stereocenters. The quantitative estimate of drug-likeness (QED) is 0.271. The first-order valence-corrected chi connectivity index (χ1v) is 15.0. The number of pyridine rings is 2. The monoisotopic (exact) mass is 555 g/mol. The number of carbonyl (C=O) groups is 1. The number of piperazine rings is 1. The molecule has 4 aromatic rings. The molecule has 2 fully saturated rings. The van der Waals surface area contributed by atoms with Crippen molar-refractivity contribution in [3.05, 3.63) is 70.1 Å². The minimum atomic E-state index is 0.0339. The average molecular weight is 556 g/mol. The number of ketones is 1. The normalized spacial score (nSPS) is 16.4. The zero-order chi connectivity index (χ0) is 27.9. The zero-order valence-corrected chi connectivity index (χ0v) is 24.6. The van der Waals surface area contributed by atoms with Crippen LogP contribution in [-0.4, -0.2) is 68.4 Å². The van der Waals surface area contributed by atoms with Crippen LogP contribution in [-0.2, 0) is 11.8 Å². The van der Waals surface area contributed by atoms with Gasteiger partial charge in [-0.25, -0.2) is 4.68 Å². The Morgan fingerprint density at radius 3 is 2.58 bits per heavy atom. The molecule has 1 aliphatic carbocycles. The molecular weight excluding hydrogens is 518 g/mol. The summed E-state index contributed by atoms with van der Waals surface area (Å²) in [6.45, 7) is 13.9. The molecule has 0 bridgehead atoms. The fraction of sp³-hybridized carbons (Fsp3) is 0.452. The van der Waals surface area contributed by atoms with Gasteiger partial charge in [0, 0.05) is 62.0 Å². The topological polar surface area (TPSA) is 80.0 Å². The minimum absolute atomic E-state index is 0.0339. The summed E-state index contributed by atoms with van der Waals surface area (Å²) >= 11 is 1.58. The van der Waals surface area contributed by atoms with Gasteiger partial charge in [-0.3, -0.25) is 19.7 Å². The maximum Gasteiger partial charge on any atom is 0.177 e. The zero-order valence-electron chi connectivity index (χ0n) is 23.8. The van der Waals surface area contributed by atoms with Gasteiger partial charge in [-0.2, -0.15) is 0 Å². The van der Waals surface area contributed by atoms with Crippen LogP contribution < -0.4 is 4.90 Å². The predicted molar refractivity (Wildman–Crippen MR) is 160 cm³/mol. The first-order chi connectivity index (χ1) is 19.2. The number of carbonyl (C=O) groups excluding carboxylic acids is 1. The van der Waals surface area contributed by atoms with Crippen molar-refractivity contribution in [2.45, 2.75) is 52.4 Å². The van der Waals surface area contributed by atoms with Crippen molar-refractivity contribution in [2.24, 2.45) is 5.92 Å². The Bertz CT molecular complexity index is 1510. The Labute approximate surface area is 240 Å². The molecule has 6 rings (SSSR count). The minimum Gasteiger partial charge on any atom is -0.368 e. The summed E-state index contributed by atoms with van der Waals surface area (Å²) in [6.07, 6.45) is 10.6. The number of anilines is 1. The number of hydrogen-bond donors (Lipinski definition) is 0. The van der Waals surface area contributed by atoms with Crippen molar-refractivity contribution in [3.63, 3.8) is 0 Å². The first-order valence-electron chi connectivity index (χ1n) is 14.2. The highest BCUT2D eigenvalue weighted by Crippen LogP contribution is 2.31. The van der Waals surface area contributed by atoms with E-state index in [0.29, 0.717) is 6.42 Å². The predicted octanol–water partition coefficient (Wildman–Crippen LogP) is 5.35. The van der Waals surface area contributed by atoms with Crippen LogP contribution in [0, 0.1) is 12.8 Å². The van der Waals surface area contributed by atoms with Crippen LogP contribution in [0.1, 0.15) is 59.4 Å². The molecule has 4 aromatic heterocycles. The molecule has 0 N–H and O–H groups in total. The van der Waals surface area contributed by atoms with E-state index < -0.39 is 0 Å². The lowest BCUT2D eigenvalue weighted by molar-refractivity contribution is 0.0996. The number of aromatic nitrogens is 5. The number of hydrogen-bond acceptors (Lipinski definition) is 8. The van der Waals surface area contributed by atoms with Gasteiger partial charge < -0.3 is 4.90 Å². The van der Waals surface area contributed by atoms with E-state index in [2.05, 4.69) is 63.0 Å². The van der Waals surface area contributed by atoms with Crippen LogP contribution in [0.25, 0.3) is 16.9 Å². The lowest BCUT2D eigenvalue weighted by atomic mass is 9.95. The first kappa shape index (κ1) is 26.8. The third-order valence-corrected chi connectivity index (χ3v) is 9.36. The van der Waals surface area contributed by atoms with E-state index in [9.17, 15) is 4.79 Å². The Hall–Kier alpha value is -3.43. The number of thiophene rings is 1. The van der Waals surface area contributed by atoms with Crippen LogP contribution in [0.3, 0.4) is 0 Å². The van der Waals surface area contributed by atoms with Gasteiger partial charge in [-0.15, -0.1) is 16.4 Å². The van der Waals surface area contributed by atoms with Crippen molar-refractivity contribution in [1.82, 2.24) is 29.9 Å². The van der Waals surface area contributed by atoms with Crippen molar-refractivity contribution in [3.8, 4) is 16.9 Å². The number of rotatable bonds is 8. The standard InChI is InChI=1S/C31H37N7OS/c1-21-27(13-23(16-33-21)14-28(39)29-7-8-30(40-29)31(2,3)4)38-20-26(34-35-38)24-15-25(18-32-17-24)37-11-9-36(10-12-37)19-22-5-6-22/h7-8,13,15-18,20,22H,5-6,9-12,14,19H2,1-4H3. The molecule has 5 heterocycles. The van der Waals surface area contributed by atoms with Gasteiger partial charge >= 0.3 is 0 Å². The van der Waals surface area contributed by atoms with Crippen molar-refractivity contribution in [2.75, 3.05) is 37.6 Å². The van der Waals surface area contributed by atoms with E-state index in [0.717, 1.165) is 70.9 Å². The lowest BCUT2D eigenvalue weighted by Crippen LogP contribution is -2.47. The maximum atomic E-state index is 13.0. The molecule has 0 atom stereocenters. The molecule has 0 amide bonds. The summed E-state index contributed by atoms with van der Waals surface area (Å²) in [4.78, 5) is 29.1. The number of Topliss-reactive ketones (excluding diaryl/α,β-unsaturated/α-hetero) is 1. The third-order valence-electron chi connectivity index (χ3n) is 7.81. The van der Waals surface area contributed by atoms with Gasteiger partial charge in [-0.1, -0.05) is 26.0 Å². The van der Waals surface area contributed by atoms with Gasteiger partial charge in [-0.05, 0) is 60.9 Å². The Kier molecular flexibility index (Phi) is 7.27. The summed E-state index contributed by atoms with van der Waals surface area (Å²) in [6, 6.07) is 8.15. The summed E-state index contributed by atoms with van der Waals surface area (Å²) in [5.41, 5.74) is 5.37. The molecule has 0 radical (unpaired) electrons. The van der Waals surface area contributed by atoms with Gasteiger partial charge in [0.1, 0.15) is 5.69 Å². The molecule has 1 aliphatic heterocycles. The van der Waals surface area contributed by atoms with Gasteiger partial charge in [0.15, 0.2) is 5.78 Å². The van der Waals surface area contributed by atoms with Crippen molar-refractivity contribution in [1.29, 1.82) is 0 Å². The molecule has 208 valence electrons. The largest absolute Gasteiger partial charge is 0.368 e. The fourth-order valence-electron chi connectivity index (χ4n) is 5.16. The Morgan fingerprint density at radius 1 is 1.05 bits per heavy atom. The van der Waals surface area contributed by atoms with Crippen molar-refractivity contribution < 1.29 is 4.79 Å². The molecule has 40 heavy (non-hydrogen) atoms. The average Bonchev–Trinajstić information content (AvgIpc) is 3.39. The number of aryl methyl sites for hydroxylation is 1. The SMILES string of the molecule is Cc1ncc(CC(=O)c2ccc(C(C)(C)C)s2)cc1-n1cc(-c2cncc(N3CCN(CC4CC4)CC3)c2)nn1. The van der Waals surface area contributed by atoms with E-state index in [-0.39, 0.29) is 11.2 Å². The van der Waals surface area contributed by atoms with E-state index in [1.54, 1.807) is 22.2 Å². The summed E-state index contributed by atoms with van der Waals surface area (Å²) in [7, 11) is 0.